The fourth-order valence-corrected chi connectivity index (χ4v) is 4.12. The lowest BCUT2D eigenvalue weighted by Crippen LogP contribution is -2.39. The Morgan fingerprint density at radius 1 is 1.33 bits per heavy atom. The topological polar surface area (TPSA) is 27.6 Å². The summed E-state index contributed by atoms with van der Waals surface area (Å²) in [6.07, 6.45) is 4.03. The van der Waals surface area contributed by atoms with Crippen LogP contribution in [0.2, 0.25) is 0 Å². The molecule has 2 aliphatic heterocycles. The normalized spacial score (nSPS) is 26.7. The molecule has 0 aromatic heterocycles. The van der Waals surface area contributed by atoms with Gasteiger partial charge in [0.05, 0.1) is 6.54 Å². The molecule has 0 saturated carbocycles. The second-order valence-corrected chi connectivity index (χ2v) is 7.36. The summed E-state index contributed by atoms with van der Waals surface area (Å²) in [5.74, 6) is 0.777. The van der Waals surface area contributed by atoms with Gasteiger partial charge in [-0.3, -0.25) is 4.99 Å². The lowest BCUT2D eigenvalue weighted by Gasteiger charge is -2.22. The van der Waals surface area contributed by atoms with E-state index in [0.717, 1.165) is 19.0 Å². The number of hydrogen-bond acceptors (Lipinski definition) is 4. The summed E-state index contributed by atoms with van der Waals surface area (Å²) >= 11 is 1.95. The summed E-state index contributed by atoms with van der Waals surface area (Å²) in [6, 6.07) is 0.521. The van der Waals surface area contributed by atoms with Crippen molar-refractivity contribution in [2.24, 2.45) is 10.9 Å². The summed E-state index contributed by atoms with van der Waals surface area (Å²) in [7, 11) is 0. The molecular formula is C14H27N3S. The van der Waals surface area contributed by atoms with Gasteiger partial charge in [-0.05, 0) is 45.2 Å². The van der Waals surface area contributed by atoms with Gasteiger partial charge in [0, 0.05) is 17.8 Å². The molecule has 3 nitrogen and oxygen atoms in total. The average molecular weight is 269 g/mol. The SMILES string of the molecule is CC(C)CC1CN=C(NC(C)CN2CCCC2)S1. The number of amidine groups is 1. The highest BCUT2D eigenvalue weighted by Gasteiger charge is 2.22. The van der Waals surface area contributed by atoms with Gasteiger partial charge in [-0.1, -0.05) is 25.6 Å². The largest absolute Gasteiger partial charge is 0.361 e. The number of aliphatic imine (C=N–C) groups is 1. The standard InChI is InChI=1S/C14H27N3S/c1-11(2)8-13-9-15-14(18-13)16-12(3)10-17-6-4-5-7-17/h11-13H,4-10H2,1-3H3,(H,15,16). The van der Waals surface area contributed by atoms with Crippen molar-refractivity contribution in [2.45, 2.75) is 51.3 Å². The van der Waals surface area contributed by atoms with Crippen molar-refractivity contribution in [1.82, 2.24) is 10.2 Å². The summed E-state index contributed by atoms with van der Waals surface area (Å²) in [4.78, 5) is 7.19. The Labute approximate surface area is 116 Å². The molecule has 0 amide bonds. The van der Waals surface area contributed by atoms with Crippen molar-refractivity contribution in [3.63, 3.8) is 0 Å². The summed E-state index contributed by atoms with van der Waals surface area (Å²) in [6.45, 7) is 11.6. The first-order valence-electron chi connectivity index (χ1n) is 7.33. The molecule has 2 aliphatic rings. The predicted octanol–water partition coefficient (Wildman–Crippen LogP) is 2.58. The van der Waals surface area contributed by atoms with Gasteiger partial charge < -0.3 is 10.2 Å². The minimum absolute atomic E-state index is 0.521. The van der Waals surface area contributed by atoms with E-state index in [1.807, 2.05) is 11.8 Å². The van der Waals surface area contributed by atoms with Crippen LogP contribution < -0.4 is 5.32 Å². The van der Waals surface area contributed by atoms with E-state index in [1.165, 1.54) is 37.5 Å². The Balaban J connectivity index is 1.67. The number of thioether (sulfide) groups is 1. The van der Waals surface area contributed by atoms with E-state index < -0.39 is 0 Å². The van der Waals surface area contributed by atoms with Crippen molar-refractivity contribution < 1.29 is 0 Å². The van der Waals surface area contributed by atoms with E-state index in [-0.39, 0.29) is 0 Å². The van der Waals surface area contributed by atoms with E-state index in [4.69, 9.17) is 0 Å². The van der Waals surface area contributed by atoms with Crippen LogP contribution in [0, 0.1) is 5.92 Å². The molecule has 0 radical (unpaired) electrons. The van der Waals surface area contributed by atoms with Gasteiger partial charge >= 0.3 is 0 Å². The smallest absolute Gasteiger partial charge is 0.157 e. The number of nitrogens with one attached hydrogen (secondary N) is 1. The quantitative estimate of drug-likeness (QED) is 0.831. The molecule has 2 rings (SSSR count). The zero-order valence-corrected chi connectivity index (χ0v) is 12.8. The fraction of sp³-hybridized carbons (Fsp3) is 0.929. The zero-order valence-electron chi connectivity index (χ0n) is 12.0. The first kappa shape index (κ1) is 14.2. The molecule has 0 aromatic rings. The van der Waals surface area contributed by atoms with Crippen LogP contribution in [0.1, 0.15) is 40.0 Å². The maximum atomic E-state index is 4.63. The van der Waals surface area contributed by atoms with Crippen LogP contribution in [0.15, 0.2) is 4.99 Å². The number of nitrogens with zero attached hydrogens (tertiary/aromatic N) is 2. The maximum absolute atomic E-state index is 4.63. The number of likely N-dealkylation sites (tertiary alicyclic amines) is 1. The Morgan fingerprint density at radius 3 is 2.72 bits per heavy atom. The molecule has 1 saturated heterocycles. The summed E-state index contributed by atoms with van der Waals surface area (Å²) < 4.78 is 0. The Hall–Kier alpha value is -0.220. The van der Waals surface area contributed by atoms with Crippen LogP contribution in [-0.4, -0.2) is 47.5 Å². The van der Waals surface area contributed by atoms with Crippen LogP contribution in [0.4, 0.5) is 0 Å². The molecule has 0 spiro atoms. The van der Waals surface area contributed by atoms with Crippen LogP contribution in [-0.2, 0) is 0 Å². The number of rotatable bonds is 5. The highest BCUT2D eigenvalue weighted by molar-refractivity contribution is 8.14. The van der Waals surface area contributed by atoms with Crippen molar-refractivity contribution in [3.8, 4) is 0 Å². The third-order valence-corrected chi connectivity index (χ3v) is 4.70. The van der Waals surface area contributed by atoms with Gasteiger partial charge in [0.2, 0.25) is 0 Å². The van der Waals surface area contributed by atoms with E-state index in [9.17, 15) is 0 Å². The first-order chi connectivity index (χ1) is 8.63. The van der Waals surface area contributed by atoms with Gasteiger partial charge in [0.15, 0.2) is 5.17 Å². The van der Waals surface area contributed by atoms with Gasteiger partial charge in [-0.2, -0.15) is 0 Å². The Bertz CT molecular complexity index is 285. The van der Waals surface area contributed by atoms with Crippen LogP contribution in [0.3, 0.4) is 0 Å². The van der Waals surface area contributed by atoms with Crippen LogP contribution >= 0.6 is 11.8 Å². The number of hydrogen-bond donors (Lipinski definition) is 1. The fourth-order valence-electron chi connectivity index (χ4n) is 2.75. The van der Waals surface area contributed by atoms with Crippen LogP contribution in [0.5, 0.6) is 0 Å². The van der Waals surface area contributed by atoms with Gasteiger partial charge in [-0.25, -0.2) is 0 Å². The molecule has 4 heteroatoms. The summed E-state index contributed by atoms with van der Waals surface area (Å²) in [5, 5.41) is 5.45. The molecule has 1 N–H and O–H groups in total. The molecule has 2 atom stereocenters. The van der Waals surface area contributed by atoms with Crippen molar-refractivity contribution >= 4 is 16.9 Å². The maximum Gasteiger partial charge on any atom is 0.157 e. The molecule has 0 bridgehead atoms. The highest BCUT2D eigenvalue weighted by Crippen LogP contribution is 2.25. The Morgan fingerprint density at radius 2 is 2.06 bits per heavy atom. The molecule has 0 aliphatic carbocycles. The van der Waals surface area contributed by atoms with E-state index in [1.54, 1.807) is 0 Å². The average Bonchev–Trinajstić information content (AvgIpc) is 2.89. The van der Waals surface area contributed by atoms with E-state index >= 15 is 0 Å². The van der Waals surface area contributed by atoms with E-state index in [2.05, 4.69) is 36.0 Å². The molecule has 0 aromatic carbocycles. The molecule has 18 heavy (non-hydrogen) atoms. The zero-order chi connectivity index (χ0) is 13.0. The third kappa shape index (κ3) is 4.47. The Kier molecular flexibility index (Phi) is 5.37. The minimum atomic E-state index is 0.521. The van der Waals surface area contributed by atoms with Gasteiger partial charge in [0.25, 0.3) is 0 Å². The predicted molar refractivity (Wildman–Crippen MR) is 81.4 cm³/mol. The van der Waals surface area contributed by atoms with Gasteiger partial charge in [0.1, 0.15) is 0 Å². The molecule has 2 unspecified atom stereocenters. The first-order valence-corrected chi connectivity index (χ1v) is 8.21. The second-order valence-electron chi connectivity index (χ2n) is 6.07. The third-order valence-electron chi connectivity index (χ3n) is 3.55. The minimum Gasteiger partial charge on any atom is -0.361 e. The monoisotopic (exact) mass is 269 g/mol. The van der Waals surface area contributed by atoms with E-state index in [0.29, 0.717) is 11.3 Å². The van der Waals surface area contributed by atoms with Crippen molar-refractivity contribution in [2.75, 3.05) is 26.2 Å². The summed E-state index contributed by atoms with van der Waals surface area (Å²) in [5.41, 5.74) is 0. The lowest BCUT2D eigenvalue weighted by atomic mass is 10.1. The molecular weight excluding hydrogens is 242 g/mol. The van der Waals surface area contributed by atoms with Crippen molar-refractivity contribution in [3.05, 3.63) is 0 Å². The second kappa shape index (κ2) is 6.80. The molecule has 1 fully saturated rings. The van der Waals surface area contributed by atoms with Gasteiger partial charge in [-0.15, -0.1) is 0 Å². The molecule has 2 heterocycles. The highest BCUT2D eigenvalue weighted by atomic mass is 32.2. The molecule has 104 valence electrons. The lowest BCUT2D eigenvalue weighted by molar-refractivity contribution is 0.312. The van der Waals surface area contributed by atoms with Crippen molar-refractivity contribution in [1.29, 1.82) is 0 Å². The van der Waals surface area contributed by atoms with Crippen LogP contribution in [0.25, 0.3) is 0 Å².